The van der Waals surface area contributed by atoms with Crippen LogP contribution in [-0.2, 0) is 52.4 Å². The molecule has 11 nitrogen and oxygen atoms in total. The summed E-state index contributed by atoms with van der Waals surface area (Å²) < 4.78 is 30.8. The Labute approximate surface area is 174 Å². The molecule has 11 heteroatoms. The summed E-state index contributed by atoms with van der Waals surface area (Å²) in [5.41, 5.74) is 0. The molecule has 170 valence electrons. The number of hydrogen-bond acceptors (Lipinski definition) is 11. The van der Waals surface area contributed by atoms with Crippen molar-refractivity contribution in [1.29, 1.82) is 0 Å². The lowest BCUT2D eigenvalue weighted by Crippen LogP contribution is -2.54. The zero-order valence-corrected chi connectivity index (χ0v) is 17.9. The first-order valence-corrected chi connectivity index (χ1v) is 8.93. The Bertz CT molecular complexity index is 642. The quantitative estimate of drug-likeness (QED) is 0.186. The van der Waals surface area contributed by atoms with Crippen LogP contribution in [0.4, 0.5) is 0 Å². The molecule has 0 fully saturated rings. The number of carbonyl (C=O) groups excluding carboxylic acids is 5. The van der Waals surface area contributed by atoms with Gasteiger partial charge in [0.05, 0.1) is 6.61 Å². The van der Waals surface area contributed by atoms with Gasteiger partial charge in [0.25, 0.3) is 0 Å². The Morgan fingerprint density at radius 3 is 1.60 bits per heavy atom. The van der Waals surface area contributed by atoms with Gasteiger partial charge in [-0.05, 0) is 0 Å². The van der Waals surface area contributed by atoms with Gasteiger partial charge in [-0.25, -0.2) is 4.79 Å². The number of ether oxygens (including phenoxy) is 6. The molecule has 0 rings (SSSR count). The summed E-state index contributed by atoms with van der Waals surface area (Å²) in [7, 11) is 1.17. The average molecular weight is 432 g/mol. The van der Waals surface area contributed by atoms with Crippen molar-refractivity contribution in [1.82, 2.24) is 0 Å². The fourth-order valence-electron chi connectivity index (χ4n) is 2.46. The van der Waals surface area contributed by atoms with E-state index in [0.29, 0.717) is 0 Å². The predicted molar refractivity (Wildman–Crippen MR) is 99.5 cm³/mol. The van der Waals surface area contributed by atoms with Crippen molar-refractivity contribution >= 4 is 29.8 Å². The molecule has 0 aliphatic rings. The Morgan fingerprint density at radius 2 is 1.20 bits per heavy atom. The Hall–Kier alpha value is -2.95. The van der Waals surface area contributed by atoms with E-state index in [1.807, 2.05) is 0 Å². The van der Waals surface area contributed by atoms with Gasteiger partial charge in [0.1, 0.15) is 6.10 Å². The monoisotopic (exact) mass is 432 g/mol. The highest BCUT2D eigenvalue weighted by atomic mass is 16.7. The molecule has 0 aromatic carbocycles. The van der Waals surface area contributed by atoms with Gasteiger partial charge in [-0.2, -0.15) is 0 Å². The van der Waals surface area contributed by atoms with Crippen molar-refractivity contribution in [2.45, 2.75) is 59.2 Å². The lowest BCUT2D eigenvalue weighted by Gasteiger charge is -2.36. The molecule has 5 unspecified atom stereocenters. The molecule has 0 spiro atoms. The fourth-order valence-corrected chi connectivity index (χ4v) is 2.46. The van der Waals surface area contributed by atoms with Crippen molar-refractivity contribution in [2.75, 3.05) is 13.7 Å². The molecule has 0 aromatic heterocycles. The van der Waals surface area contributed by atoms with E-state index < -0.39 is 60.4 Å². The first-order chi connectivity index (χ1) is 13.9. The summed E-state index contributed by atoms with van der Waals surface area (Å²) in [6.07, 6.45) is -4.77. The van der Waals surface area contributed by atoms with E-state index in [-0.39, 0.29) is 6.61 Å². The maximum Gasteiger partial charge on any atom is 0.330 e. The smallest absolute Gasteiger partial charge is 0.330 e. The van der Waals surface area contributed by atoms with Crippen LogP contribution in [0.15, 0.2) is 12.7 Å². The number of methoxy groups -OCH3 is 1. The van der Waals surface area contributed by atoms with Crippen molar-refractivity contribution in [3.05, 3.63) is 12.7 Å². The van der Waals surface area contributed by atoms with Gasteiger partial charge in [0.15, 0.2) is 6.10 Å². The number of carbonyl (C=O) groups is 5. The van der Waals surface area contributed by atoms with Gasteiger partial charge in [0, 0.05) is 46.8 Å². The van der Waals surface area contributed by atoms with Crippen LogP contribution >= 0.6 is 0 Å². The molecule has 0 bridgehead atoms. The normalized spacial score (nSPS) is 15.4. The molecule has 0 N–H and O–H groups in total. The van der Waals surface area contributed by atoms with Crippen LogP contribution in [0, 0.1) is 5.92 Å². The van der Waals surface area contributed by atoms with Crippen molar-refractivity contribution in [3.63, 3.8) is 0 Å². The fraction of sp³-hybridized carbons (Fsp3) is 0.632. The van der Waals surface area contributed by atoms with Gasteiger partial charge in [-0.3, -0.25) is 19.2 Å². The van der Waals surface area contributed by atoms with E-state index in [9.17, 15) is 24.0 Å². The van der Waals surface area contributed by atoms with Crippen LogP contribution in [0.2, 0.25) is 0 Å². The van der Waals surface area contributed by atoms with Crippen molar-refractivity contribution < 1.29 is 52.4 Å². The van der Waals surface area contributed by atoms with Crippen LogP contribution in [0.25, 0.3) is 0 Å². The maximum absolute atomic E-state index is 11.8. The van der Waals surface area contributed by atoms with E-state index in [1.165, 1.54) is 7.11 Å². The van der Waals surface area contributed by atoms with Crippen LogP contribution < -0.4 is 0 Å². The first kappa shape index (κ1) is 27.0. The van der Waals surface area contributed by atoms with E-state index in [4.69, 9.17) is 28.4 Å². The number of esters is 5. The molecule has 5 atom stereocenters. The highest BCUT2D eigenvalue weighted by Gasteiger charge is 2.45. The molecule has 0 aliphatic carbocycles. The second-order valence-corrected chi connectivity index (χ2v) is 6.25. The molecule has 30 heavy (non-hydrogen) atoms. The highest BCUT2D eigenvalue weighted by Crippen LogP contribution is 2.24. The molecule has 0 saturated heterocycles. The Morgan fingerprint density at radius 1 is 0.767 bits per heavy atom. The van der Waals surface area contributed by atoms with Crippen LogP contribution in [-0.4, -0.2) is 68.2 Å². The molecule has 0 radical (unpaired) electrons. The van der Waals surface area contributed by atoms with Crippen molar-refractivity contribution in [3.8, 4) is 0 Å². The molecule has 0 saturated carbocycles. The van der Waals surface area contributed by atoms with Crippen LogP contribution in [0.3, 0.4) is 0 Å². The number of hydrogen-bond donors (Lipinski definition) is 0. The predicted octanol–water partition coefficient (Wildman–Crippen LogP) is 0.682. The minimum atomic E-state index is -1.50. The zero-order chi connectivity index (χ0) is 23.4. The Balaban J connectivity index is 6.15. The summed E-state index contributed by atoms with van der Waals surface area (Å²) in [5, 5.41) is 0. The second-order valence-electron chi connectivity index (χ2n) is 6.25. The largest absolute Gasteiger partial charge is 0.462 e. The minimum Gasteiger partial charge on any atom is -0.462 e. The maximum atomic E-state index is 11.8. The molecule has 0 amide bonds. The van der Waals surface area contributed by atoms with Gasteiger partial charge in [0.2, 0.25) is 12.4 Å². The lowest BCUT2D eigenvalue weighted by molar-refractivity contribution is -0.236. The highest BCUT2D eigenvalue weighted by molar-refractivity contribution is 5.81. The first-order valence-electron chi connectivity index (χ1n) is 8.93. The molecular weight excluding hydrogens is 404 g/mol. The average Bonchev–Trinajstić information content (AvgIpc) is 2.64. The standard InChI is InChI=1S/C19H28O11/c1-8-15(24)26-9-10(2)16(27-11(3)20)17(28-12(4)21)18(29-13(5)22)19(25-7)30-14(6)23/h8,10,16-19H,1,9H2,2-7H3. The van der Waals surface area contributed by atoms with Crippen molar-refractivity contribution in [2.24, 2.45) is 5.92 Å². The summed E-state index contributed by atoms with van der Waals surface area (Å²) in [6.45, 7) is 8.93. The third kappa shape index (κ3) is 10.0. The third-order valence-corrected chi connectivity index (χ3v) is 3.55. The minimum absolute atomic E-state index is 0.251. The summed E-state index contributed by atoms with van der Waals surface area (Å²) in [4.78, 5) is 57.9. The zero-order valence-electron chi connectivity index (χ0n) is 17.9. The number of rotatable bonds is 12. The topological polar surface area (TPSA) is 141 Å². The van der Waals surface area contributed by atoms with E-state index in [2.05, 4.69) is 6.58 Å². The van der Waals surface area contributed by atoms with Crippen LogP contribution in [0.1, 0.15) is 34.6 Å². The van der Waals surface area contributed by atoms with E-state index in [1.54, 1.807) is 6.92 Å². The molecule has 0 aromatic rings. The summed E-state index contributed by atoms with van der Waals surface area (Å²) in [5.74, 6) is -4.59. The van der Waals surface area contributed by atoms with Gasteiger partial charge >= 0.3 is 29.8 Å². The SMILES string of the molecule is C=CC(=O)OCC(C)C(OC(C)=O)C(OC(C)=O)C(OC(C)=O)C(OC)OC(C)=O. The van der Waals surface area contributed by atoms with Gasteiger partial charge in [-0.1, -0.05) is 13.5 Å². The van der Waals surface area contributed by atoms with E-state index >= 15 is 0 Å². The van der Waals surface area contributed by atoms with Gasteiger partial charge in [-0.15, -0.1) is 0 Å². The molecular formula is C19H28O11. The molecule has 0 heterocycles. The lowest BCUT2D eigenvalue weighted by atomic mass is 9.95. The molecule has 0 aliphatic heterocycles. The second kappa shape index (κ2) is 13.3. The Kier molecular flexibility index (Phi) is 12.0. The summed E-state index contributed by atoms with van der Waals surface area (Å²) >= 11 is 0. The van der Waals surface area contributed by atoms with E-state index in [0.717, 1.165) is 33.8 Å². The van der Waals surface area contributed by atoms with Crippen LogP contribution in [0.5, 0.6) is 0 Å². The summed E-state index contributed by atoms with van der Waals surface area (Å²) in [6, 6.07) is 0. The third-order valence-electron chi connectivity index (χ3n) is 3.55. The van der Waals surface area contributed by atoms with Gasteiger partial charge < -0.3 is 28.4 Å².